The fourth-order valence-corrected chi connectivity index (χ4v) is 2.07. The molecule has 2 N–H and O–H groups in total. The van der Waals surface area contributed by atoms with E-state index in [2.05, 4.69) is 6.92 Å². The highest BCUT2D eigenvalue weighted by atomic mass is 16.5. The van der Waals surface area contributed by atoms with Gasteiger partial charge in [-0.05, 0) is 20.3 Å². The number of hydrogen-bond donors (Lipinski definition) is 1. The molecule has 0 aromatic carbocycles. The number of hydrogen-bond acceptors (Lipinski definition) is 3. The molecule has 1 aliphatic rings. The quantitative estimate of drug-likeness (QED) is 0.785. The maximum atomic E-state index is 12.0. The minimum absolute atomic E-state index is 0.00264. The largest absolute Gasteiger partial charge is 0.375 e. The van der Waals surface area contributed by atoms with Crippen LogP contribution in [0.15, 0.2) is 0 Å². The van der Waals surface area contributed by atoms with Crippen molar-refractivity contribution in [1.29, 1.82) is 0 Å². The summed E-state index contributed by atoms with van der Waals surface area (Å²) in [6, 6.07) is 0.181. The van der Waals surface area contributed by atoms with Crippen molar-refractivity contribution in [3.8, 4) is 0 Å². The van der Waals surface area contributed by atoms with Crippen LogP contribution in [0.3, 0.4) is 0 Å². The molecule has 0 aromatic rings. The van der Waals surface area contributed by atoms with Gasteiger partial charge in [-0.15, -0.1) is 0 Å². The van der Waals surface area contributed by atoms with E-state index >= 15 is 0 Å². The molecule has 16 heavy (non-hydrogen) atoms. The number of carbonyl (C=O) groups excluding carboxylic acids is 1. The van der Waals surface area contributed by atoms with Crippen LogP contribution in [0.2, 0.25) is 0 Å². The maximum Gasteiger partial charge on any atom is 0.224 e. The molecule has 0 radical (unpaired) electrons. The summed E-state index contributed by atoms with van der Waals surface area (Å²) in [5, 5.41) is 0. The van der Waals surface area contributed by atoms with Crippen LogP contribution in [0, 0.1) is 0 Å². The average molecular weight is 228 g/mol. The van der Waals surface area contributed by atoms with Crippen LogP contribution >= 0.6 is 0 Å². The number of amides is 1. The highest BCUT2D eigenvalue weighted by Gasteiger charge is 2.27. The van der Waals surface area contributed by atoms with E-state index in [0.717, 1.165) is 12.8 Å². The van der Waals surface area contributed by atoms with Gasteiger partial charge in [-0.25, -0.2) is 0 Å². The SMILES string of the molecule is CCCC(N)CC(=O)N1CC(C)OCC1C. The lowest BCUT2D eigenvalue weighted by Crippen LogP contribution is -2.51. The lowest BCUT2D eigenvalue weighted by atomic mass is 10.1. The first kappa shape index (κ1) is 13.5. The van der Waals surface area contributed by atoms with Gasteiger partial charge in [0.05, 0.1) is 18.8 Å². The average Bonchev–Trinajstić information content (AvgIpc) is 2.21. The van der Waals surface area contributed by atoms with Gasteiger partial charge in [0.2, 0.25) is 5.91 Å². The van der Waals surface area contributed by atoms with Crippen LogP contribution in [0.5, 0.6) is 0 Å². The topological polar surface area (TPSA) is 55.6 Å². The van der Waals surface area contributed by atoms with Crippen LogP contribution < -0.4 is 5.73 Å². The predicted molar refractivity (Wildman–Crippen MR) is 64.1 cm³/mol. The van der Waals surface area contributed by atoms with E-state index in [9.17, 15) is 4.79 Å². The summed E-state index contributed by atoms with van der Waals surface area (Å²) in [6.45, 7) is 7.44. The van der Waals surface area contributed by atoms with Gasteiger partial charge in [0, 0.05) is 19.0 Å². The molecule has 1 saturated heterocycles. The number of morpholine rings is 1. The summed E-state index contributed by atoms with van der Waals surface area (Å²) in [7, 11) is 0. The van der Waals surface area contributed by atoms with Gasteiger partial charge in [-0.1, -0.05) is 13.3 Å². The molecular weight excluding hydrogens is 204 g/mol. The number of rotatable bonds is 4. The zero-order valence-corrected chi connectivity index (χ0v) is 10.6. The molecule has 3 unspecified atom stereocenters. The molecule has 1 amide bonds. The molecular formula is C12H24N2O2. The first-order chi connectivity index (χ1) is 7.54. The molecule has 0 spiro atoms. The molecule has 4 nitrogen and oxygen atoms in total. The van der Waals surface area contributed by atoms with Crippen molar-refractivity contribution in [1.82, 2.24) is 4.90 Å². The minimum Gasteiger partial charge on any atom is -0.375 e. The summed E-state index contributed by atoms with van der Waals surface area (Å²) >= 11 is 0. The molecule has 4 heteroatoms. The second-order valence-corrected chi connectivity index (χ2v) is 4.79. The Kier molecular flexibility index (Phi) is 5.22. The van der Waals surface area contributed by atoms with Gasteiger partial charge in [0.25, 0.3) is 0 Å². The molecule has 1 heterocycles. The van der Waals surface area contributed by atoms with Crippen LogP contribution in [-0.2, 0) is 9.53 Å². The monoisotopic (exact) mass is 228 g/mol. The summed E-state index contributed by atoms with van der Waals surface area (Å²) in [5.41, 5.74) is 5.89. The standard InChI is InChI=1S/C12H24N2O2/c1-4-5-11(13)6-12(15)14-7-10(3)16-8-9(14)2/h9-11H,4-8,13H2,1-3H3. The Morgan fingerprint density at radius 1 is 1.56 bits per heavy atom. The summed E-state index contributed by atoms with van der Waals surface area (Å²) in [4.78, 5) is 13.9. The van der Waals surface area contributed by atoms with E-state index in [1.807, 2.05) is 18.7 Å². The molecule has 0 aromatic heterocycles. The molecule has 0 aliphatic carbocycles. The zero-order chi connectivity index (χ0) is 12.1. The van der Waals surface area contributed by atoms with E-state index in [1.165, 1.54) is 0 Å². The molecule has 1 rings (SSSR count). The first-order valence-electron chi connectivity index (χ1n) is 6.21. The molecule has 0 bridgehead atoms. The van der Waals surface area contributed by atoms with E-state index in [4.69, 9.17) is 10.5 Å². The van der Waals surface area contributed by atoms with Gasteiger partial charge in [0.1, 0.15) is 0 Å². The molecule has 3 atom stereocenters. The van der Waals surface area contributed by atoms with E-state index in [-0.39, 0.29) is 24.1 Å². The lowest BCUT2D eigenvalue weighted by molar-refractivity contribution is -0.143. The summed E-state index contributed by atoms with van der Waals surface area (Å²) < 4.78 is 5.50. The Labute approximate surface area is 98.1 Å². The number of nitrogens with two attached hydrogens (primary N) is 1. The molecule has 0 saturated carbocycles. The smallest absolute Gasteiger partial charge is 0.224 e. The molecule has 1 aliphatic heterocycles. The third kappa shape index (κ3) is 3.76. The van der Waals surface area contributed by atoms with Gasteiger partial charge < -0.3 is 15.4 Å². The first-order valence-corrected chi connectivity index (χ1v) is 6.21. The third-order valence-corrected chi connectivity index (χ3v) is 3.02. The van der Waals surface area contributed by atoms with Crippen LogP contribution in [0.25, 0.3) is 0 Å². The minimum atomic E-state index is 0.00264. The zero-order valence-electron chi connectivity index (χ0n) is 10.6. The Bertz CT molecular complexity index is 233. The van der Waals surface area contributed by atoms with Crippen molar-refractivity contribution in [2.45, 2.75) is 58.2 Å². The van der Waals surface area contributed by atoms with Crippen molar-refractivity contribution in [3.63, 3.8) is 0 Å². The van der Waals surface area contributed by atoms with Crippen molar-refractivity contribution < 1.29 is 9.53 Å². The summed E-state index contributed by atoms with van der Waals surface area (Å²) in [6.07, 6.45) is 2.55. The van der Waals surface area contributed by atoms with Crippen LogP contribution in [0.1, 0.15) is 40.0 Å². The van der Waals surface area contributed by atoms with Crippen LogP contribution in [-0.4, -0.2) is 42.1 Å². The number of nitrogens with zero attached hydrogens (tertiary/aromatic N) is 1. The number of carbonyl (C=O) groups is 1. The predicted octanol–water partition coefficient (Wildman–Crippen LogP) is 1.14. The van der Waals surface area contributed by atoms with Crippen molar-refractivity contribution in [3.05, 3.63) is 0 Å². The second-order valence-electron chi connectivity index (χ2n) is 4.79. The fraction of sp³-hybridized carbons (Fsp3) is 0.917. The normalized spacial score (nSPS) is 27.9. The Morgan fingerprint density at radius 2 is 2.25 bits per heavy atom. The van der Waals surface area contributed by atoms with Gasteiger partial charge in [0.15, 0.2) is 0 Å². The van der Waals surface area contributed by atoms with Crippen molar-refractivity contribution >= 4 is 5.91 Å². The van der Waals surface area contributed by atoms with Gasteiger partial charge in [-0.2, -0.15) is 0 Å². The molecule has 1 fully saturated rings. The van der Waals surface area contributed by atoms with Crippen LogP contribution in [0.4, 0.5) is 0 Å². The Balaban J connectivity index is 2.45. The van der Waals surface area contributed by atoms with Crippen molar-refractivity contribution in [2.75, 3.05) is 13.2 Å². The van der Waals surface area contributed by atoms with E-state index in [0.29, 0.717) is 19.6 Å². The Morgan fingerprint density at radius 3 is 2.88 bits per heavy atom. The molecule has 94 valence electrons. The Hall–Kier alpha value is -0.610. The number of ether oxygens (including phenoxy) is 1. The van der Waals surface area contributed by atoms with Gasteiger partial charge in [-0.3, -0.25) is 4.79 Å². The van der Waals surface area contributed by atoms with Gasteiger partial charge >= 0.3 is 0 Å². The third-order valence-electron chi connectivity index (χ3n) is 3.02. The van der Waals surface area contributed by atoms with Crippen molar-refractivity contribution in [2.24, 2.45) is 5.73 Å². The van der Waals surface area contributed by atoms with E-state index in [1.54, 1.807) is 0 Å². The lowest BCUT2D eigenvalue weighted by Gasteiger charge is -2.37. The highest BCUT2D eigenvalue weighted by molar-refractivity contribution is 5.77. The fourth-order valence-electron chi connectivity index (χ4n) is 2.07. The maximum absolute atomic E-state index is 12.0. The highest BCUT2D eigenvalue weighted by Crippen LogP contribution is 2.13. The summed E-state index contributed by atoms with van der Waals surface area (Å²) in [5.74, 6) is 0.170. The van der Waals surface area contributed by atoms with E-state index < -0.39 is 0 Å². The second kappa shape index (κ2) is 6.21.